The van der Waals surface area contributed by atoms with Gasteiger partial charge in [0.25, 0.3) is 6.43 Å². The molecule has 0 atom stereocenters. The minimum atomic E-state index is -3.96. The topological polar surface area (TPSA) is 57.6 Å². The number of hydrogen-bond donors (Lipinski definition) is 1. The molecule has 1 rings (SSSR count). The summed E-state index contributed by atoms with van der Waals surface area (Å²) in [6.45, 7) is -1.09. The molecule has 0 heterocycles. The molecule has 0 fully saturated rings. The van der Waals surface area contributed by atoms with Crippen molar-refractivity contribution in [1.29, 1.82) is 0 Å². The molecule has 0 aliphatic rings. The summed E-state index contributed by atoms with van der Waals surface area (Å²) < 4.78 is 49.2. The van der Waals surface area contributed by atoms with Crippen molar-refractivity contribution >= 4 is 26.0 Å². The minimum Gasteiger partial charge on any atom is -0.392 e. The Balaban J connectivity index is 3.12. The summed E-state index contributed by atoms with van der Waals surface area (Å²) in [6.07, 6.45) is -2.74. The maximum absolute atomic E-state index is 12.2. The Bertz CT molecular complexity index is 522. The number of benzene rings is 1. The first kappa shape index (κ1) is 15.5. The lowest BCUT2D eigenvalue weighted by molar-refractivity contribution is 0.126. The van der Waals surface area contributed by atoms with Crippen LogP contribution in [0.2, 0.25) is 0 Å². The third kappa shape index (κ3) is 3.47. The first-order valence-corrected chi connectivity index (χ1v) is 7.16. The fraction of sp³-hybridized carbons (Fsp3) is 0.400. The van der Waals surface area contributed by atoms with Crippen molar-refractivity contribution in [3.63, 3.8) is 0 Å². The highest BCUT2D eigenvalue weighted by Gasteiger charge is 2.25. The minimum absolute atomic E-state index is 0.108. The first-order valence-electron chi connectivity index (χ1n) is 4.92. The van der Waals surface area contributed by atoms with Gasteiger partial charge in [-0.25, -0.2) is 17.2 Å². The average molecular weight is 344 g/mol. The van der Waals surface area contributed by atoms with Crippen LogP contribution >= 0.6 is 15.9 Å². The number of rotatable bonds is 5. The van der Waals surface area contributed by atoms with Gasteiger partial charge in [-0.05, 0) is 33.6 Å². The van der Waals surface area contributed by atoms with Crippen LogP contribution in [-0.2, 0) is 16.6 Å². The zero-order valence-electron chi connectivity index (χ0n) is 9.48. The van der Waals surface area contributed by atoms with Gasteiger partial charge in [-0.2, -0.15) is 4.31 Å². The zero-order valence-corrected chi connectivity index (χ0v) is 11.9. The summed E-state index contributed by atoms with van der Waals surface area (Å²) in [5.41, 5.74) is 0.525. The molecule has 0 unspecified atom stereocenters. The van der Waals surface area contributed by atoms with Gasteiger partial charge in [0.15, 0.2) is 0 Å². The Kier molecular flexibility index (Phi) is 5.20. The van der Waals surface area contributed by atoms with Gasteiger partial charge in [0.05, 0.1) is 18.0 Å². The molecule has 8 heteroatoms. The Morgan fingerprint density at radius 3 is 2.50 bits per heavy atom. The number of aliphatic hydroxyl groups excluding tert-OH is 1. The first-order chi connectivity index (χ1) is 8.28. The van der Waals surface area contributed by atoms with Crippen molar-refractivity contribution in [2.45, 2.75) is 17.9 Å². The maximum Gasteiger partial charge on any atom is 0.252 e. The van der Waals surface area contributed by atoms with E-state index in [0.29, 0.717) is 9.87 Å². The van der Waals surface area contributed by atoms with Crippen molar-refractivity contribution in [3.05, 3.63) is 28.2 Å². The third-order valence-corrected chi connectivity index (χ3v) is 5.06. The van der Waals surface area contributed by atoms with Gasteiger partial charge in [-0.15, -0.1) is 0 Å². The molecule has 4 nitrogen and oxygen atoms in total. The lowest BCUT2D eigenvalue weighted by Crippen LogP contribution is -2.31. The lowest BCUT2D eigenvalue weighted by Gasteiger charge is -2.17. The number of halogens is 3. The number of alkyl halides is 2. The van der Waals surface area contributed by atoms with Crippen LogP contribution < -0.4 is 0 Å². The Hall–Kier alpha value is -0.570. The van der Waals surface area contributed by atoms with E-state index >= 15 is 0 Å². The second-order valence-electron chi connectivity index (χ2n) is 3.60. The molecule has 0 aromatic heterocycles. The van der Waals surface area contributed by atoms with Crippen molar-refractivity contribution < 1.29 is 22.3 Å². The van der Waals surface area contributed by atoms with E-state index in [1.165, 1.54) is 18.2 Å². The van der Waals surface area contributed by atoms with Gasteiger partial charge >= 0.3 is 0 Å². The fourth-order valence-electron chi connectivity index (χ4n) is 1.31. The molecule has 0 radical (unpaired) electrons. The number of nitrogens with zero attached hydrogens (tertiary/aromatic N) is 1. The van der Waals surface area contributed by atoms with Crippen LogP contribution in [0.1, 0.15) is 5.56 Å². The van der Waals surface area contributed by atoms with Crippen LogP contribution in [0.4, 0.5) is 8.78 Å². The molecule has 1 aromatic rings. The Morgan fingerprint density at radius 2 is 2.06 bits per heavy atom. The normalized spacial score (nSPS) is 12.4. The second-order valence-corrected chi connectivity index (χ2v) is 6.47. The molecule has 0 aliphatic carbocycles. The van der Waals surface area contributed by atoms with Crippen molar-refractivity contribution in [2.75, 3.05) is 13.6 Å². The van der Waals surface area contributed by atoms with Crippen molar-refractivity contribution in [1.82, 2.24) is 4.31 Å². The van der Waals surface area contributed by atoms with Crippen LogP contribution in [0.15, 0.2) is 27.6 Å². The summed E-state index contributed by atoms with van der Waals surface area (Å²) in [5, 5.41) is 8.90. The predicted octanol–water partition coefficient (Wildman–Crippen LogP) is 1.83. The molecule has 0 saturated carbocycles. The van der Waals surface area contributed by atoms with E-state index in [4.69, 9.17) is 5.11 Å². The van der Waals surface area contributed by atoms with Gasteiger partial charge in [0.1, 0.15) is 0 Å². The molecule has 1 N–H and O–H groups in total. The van der Waals surface area contributed by atoms with E-state index in [1.807, 2.05) is 0 Å². The lowest BCUT2D eigenvalue weighted by atomic mass is 10.2. The molecule has 0 aliphatic heterocycles. The highest BCUT2D eigenvalue weighted by molar-refractivity contribution is 9.10. The number of sulfonamides is 1. The molecule has 18 heavy (non-hydrogen) atoms. The highest BCUT2D eigenvalue weighted by atomic mass is 79.9. The molecule has 102 valence electrons. The maximum atomic E-state index is 12.2. The van der Waals surface area contributed by atoms with Crippen LogP contribution in [0.5, 0.6) is 0 Å². The van der Waals surface area contributed by atoms with E-state index in [2.05, 4.69) is 15.9 Å². The van der Waals surface area contributed by atoms with Crippen LogP contribution in [0.25, 0.3) is 0 Å². The third-order valence-electron chi connectivity index (χ3n) is 2.26. The molecule has 0 spiro atoms. The van der Waals surface area contributed by atoms with Gasteiger partial charge in [-0.3, -0.25) is 0 Å². The Labute approximate surface area is 112 Å². The number of aliphatic hydroxyl groups is 1. The van der Waals surface area contributed by atoms with Crippen LogP contribution in [0.3, 0.4) is 0 Å². The predicted molar refractivity (Wildman–Crippen MR) is 65.9 cm³/mol. The smallest absolute Gasteiger partial charge is 0.252 e. The molecule has 1 aromatic carbocycles. The van der Waals surface area contributed by atoms with E-state index in [-0.39, 0.29) is 16.0 Å². The average Bonchev–Trinajstić information content (AvgIpc) is 2.27. The second kappa shape index (κ2) is 6.05. The quantitative estimate of drug-likeness (QED) is 0.887. The fourth-order valence-corrected chi connectivity index (χ4v) is 3.54. The van der Waals surface area contributed by atoms with Crippen LogP contribution in [-0.4, -0.2) is 37.8 Å². The molecular weight excluding hydrogens is 332 g/mol. The largest absolute Gasteiger partial charge is 0.392 e. The molecule has 0 saturated heterocycles. The summed E-state index contributed by atoms with van der Waals surface area (Å²) in [4.78, 5) is -0.108. The SMILES string of the molecule is CN(CC(F)F)S(=O)(=O)c1ccc(CO)cc1Br. The Morgan fingerprint density at radius 1 is 1.44 bits per heavy atom. The van der Waals surface area contributed by atoms with E-state index in [9.17, 15) is 17.2 Å². The summed E-state index contributed by atoms with van der Waals surface area (Å²) in [6, 6.07) is 4.13. The number of hydrogen-bond acceptors (Lipinski definition) is 3. The monoisotopic (exact) mass is 343 g/mol. The van der Waals surface area contributed by atoms with E-state index in [1.54, 1.807) is 0 Å². The summed E-state index contributed by atoms with van der Waals surface area (Å²) in [5.74, 6) is 0. The summed E-state index contributed by atoms with van der Waals surface area (Å²) in [7, 11) is -2.87. The van der Waals surface area contributed by atoms with Crippen molar-refractivity contribution in [3.8, 4) is 0 Å². The van der Waals surface area contributed by atoms with E-state index in [0.717, 1.165) is 7.05 Å². The highest BCUT2D eigenvalue weighted by Crippen LogP contribution is 2.26. The van der Waals surface area contributed by atoms with E-state index < -0.39 is 23.0 Å². The standard InChI is InChI=1S/C10H12BrF2NO3S/c1-14(5-10(12)13)18(16,17)9-3-2-7(6-15)4-8(9)11/h2-4,10,15H,5-6H2,1H3. The van der Waals surface area contributed by atoms with Crippen molar-refractivity contribution in [2.24, 2.45) is 0 Å². The van der Waals surface area contributed by atoms with Gasteiger partial charge in [0.2, 0.25) is 10.0 Å². The summed E-state index contributed by atoms with van der Waals surface area (Å²) >= 11 is 3.05. The molecule has 0 amide bonds. The van der Waals surface area contributed by atoms with Gasteiger partial charge < -0.3 is 5.11 Å². The van der Waals surface area contributed by atoms with Gasteiger partial charge in [-0.1, -0.05) is 6.07 Å². The van der Waals surface area contributed by atoms with Gasteiger partial charge in [0, 0.05) is 11.5 Å². The zero-order chi connectivity index (χ0) is 13.9. The molecule has 0 bridgehead atoms. The molecular formula is C10H12BrF2NO3S. The van der Waals surface area contributed by atoms with Crippen LogP contribution in [0, 0.1) is 0 Å².